The number of carbonyl (C=O) groups excluding carboxylic acids is 3. The van der Waals surface area contributed by atoms with Gasteiger partial charge in [0.15, 0.2) is 12.4 Å². The molecule has 4 saturated carbocycles. The van der Waals surface area contributed by atoms with Gasteiger partial charge >= 0.3 is 5.97 Å². The van der Waals surface area contributed by atoms with Gasteiger partial charge in [0.2, 0.25) is 0 Å². The SMILES string of the molecule is COc1ccccc1C(=O)NCCC(=O)OCC(=O)C12CC3CC(CC(C3)C1)C2. The number of rotatable bonds is 8. The van der Waals surface area contributed by atoms with Crippen LogP contribution >= 0.6 is 0 Å². The predicted molar refractivity (Wildman–Crippen MR) is 107 cm³/mol. The zero-order valence-electron chi connectivity index (χ0n) is 16.9. The Hall–Kier alpha value is -2.37. The first-order valence-electron chi connectivity index (χ1n) is 10.6. The predicted octanol–water partition coefficient (Wildman–Crippen LogP) is 3.14. The number of para-hydroxylation sites is 1. The number of nitrogens with one attached hydrogen (secondary N) is 1. The second-order valence-electron chi connectivity index (χ2n) is 8.99. The molecule has 1 aromatic rings. The first kappa shape index (κ1) is 19.9. The summed E-state index contributed by atoms with van der Waals surface area (Å²) >= 11 is 0. The maximum Gasteiger partial charge on any atom is 0.308 e. The number of Topliss-reactive ketones (excluding diaryl/α,β-unsaturated/α-hetero) is 1. The van der Waals surface area contributed by atoms with Crippen LogP contribution in [0.25, 0.3) is 0 Å². The zero-order chi connectivity index (χ0) is 20.4. The topological polar surface area (TPSA) is 81.7 Å². The van der Waals surface area contributed by atoms with Gasteiger partial charge in [-0.15, -0.1) is 0 Å². The average molecular weight is 399 g/mol. The average Bonchev–Trinajstić information content (AvgIpc) is 2.70. The van der Waals surface area contributed by atoms with Crippen molar-refractivity contribution in [3.05, 3.63) is 29.8 Å². The highest BCUT2D eigenvalue weighted by Crippen LogP contribution is 2.60. The van der Waals surface area contributed by atoms with Crippen LogP contribution in [0.2, 0.25) is 0 Å². The molecule has 6 heteroatoms. The number of amides is 1. The van der Waals surface area contributed by atoms with Gasteiger partial charge < -0.3 is 14.8 Å². The smallest absolute Gasteiger partial charge is 0.308 e. The van der Waals surface area contributed by atoms with E-state index in [0.717, 1.165) is 19.3 Å². The van der Waals surface area contributed by atoms with Crippen molar-refractivity contribution in [2.45, 2.75) is 44.9 Å². The molecule has 0 unspecified atom stereocenters. The van der Waals surface area contributed by atoms with Crippen molar-refractivity contribution in [3.63, 3.8) is 0 Å². The van der Waals surface area contributed by atoms with Crippen molar-refractivity contribution in [3.8, 4) is 5.75 Å². The fourth-order valence-electron chi connectivity index (χ4n) is 6.03. The quantitative estimate of drug-likeness (QED) is 0.679. The molecule has 1 amide bonds. The van der Waals surface area contributed by atoms with Crippen molar-refractivity contribution in [1.29, 1.82) is 0 Å². The molecule has 0 saturated heterocycles. The van der Waals surface area contributed by atoms with Crippen LogP contribution in [0.1, 0.15) is 55.3 Å². The van der Waals surface area contributed by atoms with E-state index in [9.17, 15) is 14.4 Å². The van der Waals surface area contributed by atoms with E-state index < -0.39 is 5.97 Å². The summed E-state index contributed by atoms with van der Waals surface area (Å²) in [6.45, 7) is 0.0206. The molecule has 0 radical (unpaired) electrons. The maximum atomic E-state index is 12.9. The molecular weight excluding hydrogens is 370 g/mol. The first-order valence-corrected chi connectivity index (χ1v) is 10.6. The molecule has 0 aliphatic heterocycles. The van der Waals surface area contributed by atoms with Crippen molar-refractivity contribution < 1.29 is 23.9 Å². The summed E-state index contributed by atoms with van der Waals surface area (Å²) in [6, 6.07) is 6.91. The Labute approximate surface area is 171 Å². The first-order chi connectivity index (χ1) is 14.0. The van der Waals surface area contributed by atoms with Gasteiger partial charge in [0, 0.05) is 12.0 Å². The number of carbonyl (C=O) groups is 3. The van der Waals surface area contributed by atoms with Gasteiger partial charge in [-0.05, 0) is 68.4 Å². The molecule has 0 aromatic heterocycles. The molecule has 1 aromatic carbocycles. The van der Waals surface area contributed by atoms with Gasteiger partial charge in [-0.3, -0.25) is 14.4 Å². The van der Waals surface area contributed by atoms with Gasteiger partial charge in [-0.2, -0.15) is 0 Å². The van der Waals surface area contributed by atoms with E-state index in [4.69, 9.17) is 9.47 Å². The Bertz CT molecular complexity index is 767. The third-order valence-electron chi connectivity index (χ3n) is 6.96. The highest BCUT2D eigenvalue weighted by Gasteiger charge is 2.54. The molecule has 1 N–H and O–H groups in total. The van der Waals surface area contributed by atoms with Crippen molar-refractivity contribution in [2.24, 2.45) is 23.2 Å². The Balaban J connectivity index is 1.21. The standard InChI is InChI=1S/C23H29NO5/c1-28-19-5-3-2-4-18(19)22(27)24-7-6-21(26)29-14-20(25)23-11-15-8-16(12-23)10-17(9-15)13-23/h2-5,15-17H,6-14H2,1H3,(H,24,27). The molecular formula is C23H29NO5. The zero-order valence-corrected chi connectivity index (χ0v) is 16.9. The Kier molecular flexibility index (Phi) is 5.61. The van der Waals surface area contributed by atoms with Crippen LogP contribution in [0.5, 0.6) is 5.75 Å². The lowest BCUT2D eigenvalue weighted by Gasteiger charge is -2.55. The largest absolute Gasteiger partial charge is 0.496 e. The van der Waals surface area contributed by atoms with Crippen LogP contribution in [0.4, 0.5) is 0 Å². The van der Waals surface area contributed by atoms with Gasteiger partial charge in [0.1, 0.15) is 5.75 Å². The van der Waals surface area contributed by atoms with Gasteiger partial charge in [0.25, 0.3) is 5.91 Å². The van der Waals surface area contributed by atoms with Crippen LogP contribution in [0.3, 0.4) is 0 Å². The maximum absolute atomic E-state index is 12.9. The summed E-state index contributed by atoms with van der Waals surface area (Å²) in [5.74, 6) is 1.88. The molecule has 6 nitrogen and oxygen atoms in total. The lowest BCUT2D eigenvalue weighted by molar-refractivity contribution is -0.157. The van der Waals surface area contributed by atoms with Crippen LogP contribution in [-0.4, -0.2) is 37.9 Å². The van der Waals surface area contributed by atoms with Crippen molar-refractivity contribution >= 4 is 17.7 Å². The van der Waals surface area contributed by atoms with Gasteiger partial charge in [-0.25, -0.2) is 0 Å². The van der Waals surface area contributed by atoms with Crippen LogP contribution < -0.4 is 10.1 Å². The number of ether oxygens (including phenoxy) is 2. The van der Waals surface area contributed by atoms with E-state index in [1.165, 1.54) is 26.4 Å². The number of ketones is 1. The second kappa shape index (κ2) is 8.17. The van der Waals surface area contributed by atoms with Crippen LogP contribution in [0, 0.1) is 23.2 Å². The minimum absolute atomic E-state index is 0.0368. The van der Waals surface area contributed by atoms with Crippen molar-refractivity contribution in [2.75, 3.05) is 20.3 Å². The van der Waals surface area contributed by atoms with Gasteiger partial charge in [0.05, 0.1) is 19.1 Å². The molecule has 0 atom stereocenters. The van der Waals surface area contributed by atoms with Crippen LogP contribution in [-0.2, 0) is 14.3 Å². The fourth-order valence-corrected chi connectivity index (χ4v) is 6.03. The number of benzene rings is 1. The number of methoxy groups -OCH3 is 1. The van der Waals surface area contributed by atoms with Gasteiger partial charge in [-0.1, -0.05) is 12.1 Å². The normalized spacial score (nSPS) is 29.3. The molecule has 29 heavy (non-hydrogen) atoms. The summed E-state index contributed by atoms with van der Waals surface area (Å²) in [4.78, 5) is 37.2. The van der Waals surface area contributed by atoms with E-state index in [1.807, 2.05) is 0 Å². The molecule has 4 aliphatic rings. The highest BCUT2D eigenvalue weighted by molar-refractivity contribution is 5.97. The summed E-state index contributed by atoms with van der Waals surface area (Å²) < 4.78 is 10.4. The number of hydrogen-bond donors (Lipinski definition) is 1. The Morgan fingerprint density at radius 2 is 1.66 bits per heavy atom. The van der Waals surface area contributed by atoms with E-state index >= 15 is 0 Å². The monoisotopic (exact) mass is 399 g/mol. The third kappa shape index (κ3) is 4.16. The molecule has 156 valence electrons. The highest BCUT2D eigenvalue weighted by atomic mass is 16.5. The van der Waals surface area contributed by atoms with E-state index in [2.05, 4.69) is 5.32 Å². The molecule has 4 aliphatic carbocycles. The van der Waals surface area contributed by atoms with E-state index in [0.29, 0.717) is 29.1 Å². The van der Waals surface area contributed by atoms with E-state index in [1.54, 1.807) is 24.3 Å². The molecule has 4 bridgehead atoms. The summed E-state index contributed by atoms with van der Waals surface area (Å²) in [5, 5.41) is 2.70. The van der Waals surface area contributed by atoms with Crippen molar-refractivity contribution in [1.82, 2.24) is 5.32 Å². The fraction of sp³-hybridized carbons (Fsp3) is 0.609. The molecule has 4 fully saturated rings. The third-order valence-corrected chi connectivity index (χ3v) is 6.96. The summed E-state index contributed by atoms with van der Waals surface area (Å²) in [7, 11) is 1.50. The number of hydrogen-bond acceptors (Lipinski definition) is 5. The molecule has 0 heterocycles. The molecule has 5 rings (SSSR count). The summed E-state index contributed by atoms with van der Waals surface area (Å²) in [6.07, 6.45) is 6.79. The minimum Gasteiger partial charge on any atom is -0.496 e. The number of esters is 1. The lowest BCUT2D eigenvalue weighted by Crippen LogP contribution is -2.51. The lowest BCUT2D eigenvalue weighted by atomic mass is 9.48. The Morgan fingerprint density at radius 1 is 1.03 bits per heavy atom. The van der Waals surface area contributed by atoms with E-state index in [-0.39, 0.29) is 36.7 Å². The van der Waals surface area contributed by atoms with Crippen LogP contribution in [0.15, 0.2) is 24.3 Å². The minimum atomic E-state index is -0.455. The Morgan fingerprint density at radius 3 is 2.28 bits per heavy atom. The second-order valence-corrected chi connectivity index (χ2v) is 8.99. The molecule has 0 spiro atoms. The summed E-state index contributed by atoms with van der Waals surface area (Å²) in [5.41, 5.74) is 0.174.